The molecule has 8 heteroatoms. The molecule has 182 valence electrons. The number of carbonyl (C=O) groups is 1. The zero-order valence-corrected chi connectivity index (χ0v) is 20.9. The molecule has 4 heterocycles. The van der Waals surface area contributed by atoms with Crippen molar-refractivity contribution in [3.8, 4) is 5.69 Å². The monoisotopic (exact) mass is 496 g/mol. The van der Waals surface area contributed by atoms with Gasteiger partial charge in [-0.25, -0.2) is 0 Å². The summed E-state index contributed by atoms with van der Waals surface area (Å²) in [4.78, 5) is 23.8. The second kappa shape index (κ2) is 10.7. The lowest BCUT2D eigenvalue weighted by Crippen LogP contribution is -2.33. The van der Waals surface area contributed by atoms with Crippen LogP contribution < -0.4 is 10.6 Å². The van der Waals surface area contributed by atoms with Crippen LogP contribution in [0, 0.1) is 0 Å². The van der Waals surface area contributed by atoms with Gasteiger partial charge in [0.2, 0.25) is 5.91 Å². The van der Waals surface area contributed by atoms with Crippen LogP contribution in [0.25, 0.3) is 5.69 Å². The summed E-state index contributed by atoms with van der Waals surface area (Å²) < 4.78 is 2.14. The largest absolute Gasteiger partial charge is 0.352 e. The van der Waals surface area contributed by atoms with Gasteiger partial charge in [-0.3, -0.25) is 14.8 Å². The minimum Gasteiger partial charge on any atom is -0.352 e. The van der Waals surface area contributed by atoms with Crippen molar-refractivity contribution in [1.82, 2.24) is 24.8 Å². The number of para-hydroxylation sites is 1. The quantitative estimate of drug-likeness (QED) is 0.340. The first-order chi connectivity index (χ1) is 17.7. The predicted octanol–water partition coefficient (Wildman–Crippen LogP) is 4.83. The summed E-state index contributed by atoms with van der Waals surface area (Å²) in [6.07, 6.45) is 8.55. The summed E-state index contributed by atoms with van der Waals surface area (Å²) in [6.45, 7) is 2.56. The normalized spacial score (nSPS) is 17.1. The number of hydrogen-bond donors (Lipinski definition) is 2. The Bertz CT molecular complexity index is 1340. The molecule has 5 rings (SSSR count). The fourth-order valence-corrected chi connectivity index (χ4v) is 5.06. The van der Waals surface area contributed by atoms with Gasteiger partial charge in [0, 0.05) is 54.8 Å². The summed E-state index contributed by atoms with van der Waals surface area (Å²) >= 11 is 5.79. The van der Waals surface area contributed by atoms with Crippen LogP contribution >= 0.6 is 12.2 Å². The fourth-order valence-electron chi connectivity index (χ4n) is 4.73. The Hall–Kier alpha value is -4.04. The highest BCUT2D eigenvalue weighted by Gasteiger charge is 2.41. The number of anilines is 1. The van der Waals surface area contributed by atoms with Gasteiger partial charge in [0.25, 0.3) is 0 Å². The van der Waals surface area contributed by atoms with Crippen LogP contribution in [0.3, 0.4) is 0 Å². The number of rotatable bonds is 8. The molecular formula is C28H28N6OS. The fraction of sp³-hybridized carbons (Fsp3) is 0.214. The molecule has 2 N–H and O–H groups in total. The number of thiocarbonyl (C=S) groups is 1. The van der Waals surface area contributed by atoms with Gasteiger partial charge in [0.1, 0.15) is 0 Å². The predicted molar refractivity (Wildman–Crippen MR) is 145 cm³/mol. The van der Waals surface area contributed by atoms with E-state index in [1.165, 1.54) is 0 Å². The lowest BCUT2D eigenvalue weighted by molar-refractivity contribution is -0.116. The number of amides is 1. The number of nitrogens with zero attached hydrogens (tertiary/aromatic N) is 4. The lowest BCUT2D eigenvalue weighted by Gasteiger charge is -2.28. The molecule has 36 heavy (non-hydrogen) atoms. The molecule has 1 amide bonds. The molecule has 0 bridgehead atoms. The number of nitrogens with one attached hydrogen (secondary N) is 2. The maximum atomic E-state index is 13.0. The first kappa shape index (κ1) is 23.7. The molecule has 1 aliphatic heterocycles. The van der Waals surface area contributed by atoms with Crippen molar-refractivity contribution in [1.29, 1.82) is 0 Å². The van der Waals surface area contributed by atoms with Gasteiger partial charge in [-0.05, 0) is 66.7 Å². The maximum Gasteiger partial charge on any atom is 0.226 e. The van der Waals surface area contributed by atoms with E-state index in [-0.39, 0.29) is 18.0 Å². The van der Waals surface area contributed by atoms with E-state index in [4.69, 9.17) is 12.2 Å². The van der Waals surface area contributed by atoms with Gasteiger partial charge >= 0.3 is 0 Å². The number of benzene rings is 1. The van der Waals surface area contributed by atoms with Crippen molar-refractivity contribution in [3.05, 3.63) is 108 Å². The van der Waals surface area contributed by atoms with Crippen molar-refractivity contribution in [2.75, 3.05) is 11.9 Å². The zero-order chi connectivity index (χ0) is 24.9. The van der Waals surface area contributed by atoms with Crippen molar-refractivity contribution in [2.24, 2.45) is 0 Å². The van der Waals surface area contributed by atoms with Gasteiger partial charge in [-0.1, -0.05) is 31.2 Å². The Labute approximate surface area is 216 Å². The third-order valence-corrected chi connectivity index (χ3v) is 6.83. The Morgan fingerprint density at radius 3 is 2.61 bits per heavy atom. The van der Waals surface area contributed by atoms with E-state index in [2.05, 4.69) is 43.1 Å². The first-order valence-corrected chi connectivity index (χ1v) is 12.5. The molecule has 3 aromatic heterocycles. The second-order valence-corrected chi connectivity index (χ2v) is 9.02. The highest BCUT2D eigenvalue weighted by Crippen LogP contribution is 2.39. The lowest BCUT2D eigenvalue weighted by atomic mass is 10.0. The minimum atomic E-state index is -0.155. The molecule has 4 aromatic rings. The van der Waals surface area contributed by atoms with E-state index in [9.17, 15) is 4.79 Å². The van der Waals surface area contributed by atoms with Crippen molar-refractivity contribution in [3.63, 3.8) is 0 Å². The van der Waals surface area contributed by atoms with Crippen LogP contribution in [-0.4, -0.2) is 37.0 Å². The molecule has 0 radical (unpaired) electrons. The zero-order valence-electron chi connectivity index (χ0n) is 20.0. The number of aryl methyl sites for hydroxylation is 1. The number of aromatic nitrogens is 3. The van der Waals surface area contributed by atoms with E-state index in [0.29, 0.717) is 18.1 Å². The smallest absolute Gasteiger partial charge is 0.226 e. The van der Waals surface area contributed by atoms with E-state index < -0.39 is 0 Å². The standard InChI is InChI=1S/C28H28N6OS/c1-2-20-8-3-4-9-22(20)31-25(35)14-19-34-27(26(32-28(34)36)23-10-5-6-15-30-23)24-11-7-18-33(24)21-12-16-29-17-13-21/h3-13,15-18,26-27H,2,14,19H2,1H3,(H,31,35)(H,32,36). The third kappa shape index (κ3) is 4.85. The average Bonchev–Trinajstić information content (AvgIpc) is 3.53. The molecule has 0 saturated carbocycles. The highest BCUT2D eigenvalue weighted by molar-refractivity contribution is 7.80. The molecule has 0 aliphatic carbocycles. The molecule has 2 unspecified atom stereocenters. The summed E-state index contributed by atoms with van der Waals surface area (Å²) in [5.41, 5.74) is 4.95. The molecule has 1 fully saturated rings. The first-order valence-electron chi connectivity index (χ1n) is 12.1. The number of pyridine rings is 2. The second-order valence-electron chi connectivity index (χ2n) is 8.64. The maximum absolute atomic E-state index is 13.0. The summed E-state index contributed by atoms with van der Waals surface area (Å²) in [7, 11) is 0. The third-order valence-electron chi connectivity index (χ3n) is 6.47. The van der Waals surface area contributed by atoms with E-state index in [1.807, 2.05) is 66.9 Å². The SMILES string of the molecule is CCc1ccccc1NC(=O)CCN1C(=S)NC(c2ccccn2)C1c1cccn1-c1ccncc1. The topological polar surface area (TPSA) is 75.1 Å². The molecule has 1 saturated heterocycles. The Kier molecular flexibility index (Phi) is 7.04. The van der Waals surface area contributed by atoms with Crippen LogP contribution in [0.5, 0.6) is 0 Å². The molecule has 2 atom stereocenters. The summed E-state index contributed by atoms with van der Waals surface area (Å²) in [5.74, 6) is -0.0387. The van der Waals surface area contributed by atoms with Crippen LogP contribution in [0.15, 0.2) is 91.5 Å². The van der Waals surface area contributed by atoms with Crippen LogP contribution in [0.2, 0.25) is 0 Å². The van der Waals surface area contributed by atoms with Crippen molar-refractivity contribution in [2.45, 2.75) is 31.8 Å². The molecule has 1 aliphatic rings. The van der Waals surface area contributed by atoms with Crippen LogP contribution in [0.4, 0.5) is 5.69 Å². The summed E-state index contributed by atoms with van der Waals surface area (Å²) in [5, 5.41) is 7.15. The average molecular weight is 497 g/mol. The van der Waals surface area contributed by atoms with Gasteiger partial charge in [-0.2, -0.15) is 0 Å². The number of carbonyl (C=O) groups excluding carboxylic acids is 1. The number of hydrogen-bond acceptors (Lipinski definition) is 4. The molecule has 1 aromatic carbocycles. The molecule has 7 nitrogen and oxygen atoms in total. The van der Waals surface area contributed by atoms with E-state index in [0.717, 1.165) is 34.7 Å². The molecular weight excluding hydrogens is 468 g/mol. The van der Waals surface area contributed by atoms with Crippen LogP contribution in [-0.2, 0) is 11.2 Å². The van der Waals surface area contributed by atoms with Crippen molar-refractivity contribution >= 4 is 28.9 Å². The van der Waals surface area contributed by atoms with Gasteiger partial charge in [0.15, 0.2) is 5.11 Å². The van der Waals surface area contributed by atoms with Gasteiger partial charge in [-0.15, -0.1) is 0 Å². The van der Waals surface area contributed by atoms with Crippen molar-refractivity contribution < 1.29 is 4.79 Å². The Morgan fingerprint density at radius 1 is 1.03 bits per heavy atom. The Balaban J connectivity index is 1.43. The Morgan fingerprint density at radius 2 is 1.83 bits per heavy atom. The van der Waals surface area contributed by atoms with Gasteiger partial charge in [0.05, 0.1) is 17.8 Å². The van der Waals surface area contributed by atoms with E-state index in [1.54, 1.807) is 18.6 Å². The highest BCUT2D eigenvalue weighted by atomic mass is 32.1. The molecule has 0 spiro atoms. The van der Waals surface area contributed by atoms with E-state index >= 15 is 0 Å². The van der Waals surface area contributed by atoms with Gasteiger partial charge < -0.3 is 20.1 Å². The van der Waals surface area contributed by atoms with Crippen LogP contribution in [0.1, 0.15) is 42.4 Å². The minimum absolute atomic E-state index is 0.0387. The summed E-state index contributed by atoms with van der Waals surface area (Å²) in [6, 6.07) is 21.6.